The average molecular weight is 83.1 g/mol. The van der Waals surface area contributed by atoms with Crippen molar-refractivity contribution in [2.24, 2.45) is 0 Å². The molecule has 1 saturated heterocycles. The lowest BCUT2D eigenvalue weighted by Crippen LogP contribution is -2.06. The summed E-state index contributed by atoms with van der Waals surface area (Å²) in [5.74, 6) is 0. The number of hydrogen-bond acceptors (Lipinski definition) is 1. The maximum absolute atomic E-state index is 2.51. The molecule has 1 heterocycles. The zero-order chi connectivity index (χ0) is 4.15. The maximum Gasteiger partial charge on any atom is 0.0271 e. The summed E-state index contributed by atoms with van der Waals surface area (Å²) in [4.78, 5) is 2.51. The van der Waals surface area contributed by atoms with Crippen LogP contribution < -0.4 is 0 Å². The van der Waals surface area contributed by atoms with Crippen LogP contribution in [0.4, 0.5) is 0 Å². The van der Waals surface area contributed by atoms with Gasteiger partial charge >= 0.3 is 0 Å². The molecule has 2 rings (SSSR count). The highest BCUT2D eigenvalue weighted by Gasteiger charge is 2.61. The minimum atomic E-state index is 1.06. The molecule has 1 aliphatic carbocycles. The van der Waals surface area contributed by atoms with Crippen LogP contribution in [0.25, 0.3) is 0 Å². The Morgan fingerprint density at radius 2 is 2.33 bits per heavy atom. The molecule has 1 saturated carbocycles. The number of likely N-dealkylation sites (N-methyl/N-ethyl adjacent to an activating group) is 1. The first-order valence-corrected chi connectivity index (χ1v) is 2.69. The lowest BCUT2D eigenvalue weighted by atomic mass is 10.6. The molecule has 0 aromatic rings. The Morgan fingerprint density at radius 3 is 2.33 bits per heavy atom. The summed E-state index contributed by atoms with van der Waals surface area (Å²) in [5, 5.41) is 0. The molecular weight excluding hydrogens is 74.1 g/mol. The largest absolute Gasteiger partial charge is 0.294 e. The summed E-state index contributed by atoms with van der Waals surface area (Å²) < 4.78 is 0. The number of likely N-dealkylation sites (tertiary alicyclic amines) is 1. The predicted molar refractivity (Wildman–Crippen MR) is 24.6 cm³/mol. The van der Waals surface area contributed by atoms with Crippen molar-refractivity contribution in [2.75, 3.05) is 6.54 Å². The SMILES string of the molecule is CCN1C2CC21. The van der Waals surface area contributed by atoms with Gasteiger partial charge in [0.1, 0.15) is 0 Å². The minimum Gasteiger partial charge on any atom is -0.294 e. The summed E-state index contributed by atoms with van der Waals surface area (Å²) >= 11 is 0. The maximum atomic E-state index is 2.51. The molecule has 0 N–H and O–H groups in total. The Labute approximate surface area is 37.9 Å². The molecule has 0 amide bonds. The van der Waals surface area contributed by atoms with Crippen molar-refractivity contribution in [1.82, 2.24) is 4.90 Å². The molecule has 0 spiro atoms. The fraction of sp³-hybridized carbons (Fsp3) is 1.00. The molecule has 0 bridgehead atoms. The molecule has 2 aliphatic rings. The fourth-order valence-corrected chi connectivity index (χ4v) is 1.16. The van der Waals surface area contributed by atoms with E-state index in [1.165, 1.54) is 13.0 Å². The first kappa shape index (κ1) is 3.03. The monoisotopic (exact) mass is 83.1 g/mol. The zero-order valence-corrected chi connectivity index (χ0v) is 4.02. The van der Waals surface area contributed by atoms with E-state index in [1.807, 2.05) is 0 Å². The van der Waals surface area contributed by atoms with Gasteiger partial charge in [0.2, 0.25) is 0 Å². The van der Waals surface area contributed by atoms with Gasteiger partial charge in [0.15, 0.2) is 0 Å². The van der Waals surface area contributed by atoms with Gasteiger partial charge in [-0.1, -0.05) is 6.92 Å². The second-order valence-electron chi connectivity index (χ2n) is 2.20. The molecule has 0 aromatic carbocycles. The first-order valence-electron chi connectivity index (χ1n) is 2.69. The van der Waals surface area contributed by atoms with Gasteiger partial charge in [-0.05, 0) is 13.0 Å². The van der Waals surface area contributed by atoms with Gasteiger partial charge in [-0.15, -0.1) is 0 Å². The second-order valence-corrected chi connectivity index (χ2v) is 2.20. The smallest absolute Gasteiger partial charge is 0.0271 e. The van der Waals surface area contributed by atoms with Crippen LogP contribution in [-0.2, 0) is 0 Å². The molecule has 0 aromatic heterocycles. The minimum absolute atomic E-state index is 1.06. The van der Waals surface area contributed by atoms with Crippen LogP contribution in [0.1, 0.15) is 13.3 Å². The van der Waals surface area contributed by atoms with Crippen molar-refractivity contribution in [3.05, 3.63) is 0 Å². The Balaban J connectivity index is 1.92. The van der Waals surface area contributed by atoms with Crippen molar-refractivity contribution >= 4 is 0 Å². The Bertz CT molecular complexity index is 72.0. The van der Waals surface area contributed by atoms with E-state index in [-0.39, 0.29) is 0 Å². The number of rotatable bonds is 1. The molecular formula is C5H9N. The van der Waals surface area contributed by atoms with Crippen LogP contribution >= 0.6 is 0 Å². The van der Waals surface area contributed by atoms with E-state index in [4.69, 9.17) is 0 Å². The lowest BCUT2D eigenvalue weighted by Gasteiger charge is -1.98. The molecule has 1 nitrogen and oxygen atoms in total. The average Bonchev–Trinajstić information content (AvgIpc) is 2.12. The topological polar surface area (TPSA) is 3.01 Å². The molecule has 2 atom stereocenters. The standard InChI is InChI=1S/C5H9N/c1-2-6-4-3-5(4)6/h4-5H,2-3H2,1H3. The van der Waals surface area contributed by atoms with Crippen LogP contribution in [0, 0.1) is 0 Å². The Kier molecular flexibility index (Phi) is 0.327. The van der Waals surface area contributed by atoms with Crippen LogP contribution in [0.3, 0.4) is 0 Å². The quantitative estimate of drug-likeness (QED) is 0.416. The summed E-state index contributed by atoms with van der Waals surface area (Å²) in [6, 6.07) is 2.13. The number of hydrogen-bond donors (Lipinski definition) is 0. The second kappa shape index (κ2) is 0.648. The fourth-order valence-electron chi connectivity index (χ4n) is 1.16. The number of fused-ring (bicyclic) bond motifs is 1. The Morgan fingerprint density at radius 1 is 1.67 bits per heavy atom. The van der Waals surface area contributed by atoms with E-state index in [2.05, 4.69) is 11.8 Å². The van der Waals surface area contributed by atoms with E-state index in [0.29, 0.717) is 0 Å². The molecule has 1 aliphatic heterocycles. The van der Waals surface area contributed by atoms with Crippen molar-refractivity contribution < 1.29 is 0 Å². The molecule has 34 valence electrons. The van der Waals surface area contributed by atoms with E-state index < -0.39 is 0 Å². The van der Waals surface area contributed by atoms with Crippen LogP contribution in [0.2, 0.25) is 0 Å². The molecule has 1 heteroatoms. The predicted octanol–water partition coefficient (Wildman–Crippen LogP) is 0.463. The van der Waals surface area contributed by atoms with E-state index in [9.17, 15) is 0 Å². The molecule has 0 radical (unpaired) electrons. The Hall–Kier alpha value is -0.0400. The summed E-state index contributed by atoms with van der Waals surface area (Å²) in [6.07, 6.45) is 1.51. The lowest BCUT2D eigenvalue weighted by molar-refractivity contribution is 0.436. The van der Waals surface area contributed by atoms with Gasteiger partial charge < -0.3 is 0 Å². The van der Waals surface area contributed by atoms with E-state index in [1.54, 1.807) is 0 Å². The molecule has 2 fully saturated rings. The highest BCUT2D eigenvalue weighted by atomic mass is 15.4. The van der Waals surface area contributed by atoms with Crippen molar-refractivity contribution in [1.29, 1.82) is 0 Å². The van der Waals surface area contributed by atoms with Gasteiger partial charge in [-0.25, -0.2) is 0 Å². The van der Waals surface area contributed by atoms with Crippen LogP contribution in [0.15, 0.2) is 0 Å². The normalized spacial score (nSPS) is 60.5. The third kappa shape index (κ3) is 0.178. The summed E-state index contributed by atoms with van der Waals surface area (Å²) in [5.41, 5.74) is 0. The van der Waals surface area contributed by atoms with Gasteiger partial charge in [0, 0.05) is 12.1 Å². The first-order chi connectivity index (χ1) is 2.93. The summed E-state index contributed by atoms with van der Waals surface area (Å²) in [7, 11) is 0. The van der Waals surface area contributed by atoms with Crippen molar-refractivity contribution in [3.8, 4) is 0 Å². The van der Waals surface area contributed by atoms with E-state index >= 15 is 0 Å². The van der Waals surface area contributed by atoms with Crippen LogP contribution in [-0.4, -0.2) is 23.5 Å². The zero-order valence-electron chi connectivity index (χ0n) is 4.02. The molecule has 6 heavy (non-hydrogen) atoms. The number of nitrogens with zero attached hydrogens (tertiary/aromatic N) is 1. The van der Waals surface area contributed by atoms with Gasteiger partial charge in [0.25, 0.3) is 0 Å². The third-order valence-corrected chi connectivity index (χ3v) is 1.85. The highest BCUT2D eigenvalue weighted by Crippen LogP contribution is 2.49. The molecule has 2 unspecified atom stereocenters. The van der Waals surface area contributed by atoms with Gasteiger partial charge in [-0.2, -0.15) is 0 Å². The third-order valence-electron chi connectivity index (χ3n) is 1.85. The van der Waals surface area contributed by atoms with Crippen molar-refractivity contribution in [2.45, 2.75) is 25.4 Å². The highest BCUT2D eigenvalue weighted by molar-refractivity contribution is 5.18. The van der Waals surface area contributed by atoms with Crippen molar-refractivity contribution in [3.63, 3.8) is 0 Å². The van der Waals surface area contributed by atoms with Crippen LogP contribution in [0.5, 0.6) is 0 Å². The van der Waals surface area contributed by atoms with Gasteiger partial charge in [0.05, 0.1) is 0 Å². The van der Waals surface area contributed by atoms with E-state index in [0.717, 1.165) is 12.1 Å². The summed E-state index contributed by atoms with van der Waals surface area (Å²) in [6.45, 7) is 3.52. The van der Waals surface area contributed by atoms with Gasteiger partial charge in [-0.3, -0.25) is 4.90 Å².